The van der Waals surface area contributed by atoms with Crippen molar-refractivity contribution < 1.29 is 9.53 Å². The number of amides is 1. The SMILES string of the molecule is Cc1c(Cl)c(C(=O)N[C@@H](C)[C@@H]2CCCO2)nn1C. The fourth-order valence-corrected chi connectivity index (χ4v) is 2.34. The Morgan fingerprint density at radius 3 is 2.89 bits per heavy atom. The second-order valence-corrected chi connectivity index (χ2v) is 5.06. The molecule has 0 bridgehead atoms. The van der Waals surface area contributed by atoms with Crippen molar-refractivity contribution in [1.29, 1.82) is 0 Å². The molecule has 2 heterocycles. The highest BCUT2D eigenvalue weighted by Gasteiger charge is 2.26. The van der Waals surface area contributed by atoms with Gasteiger partial charge in [-0.2, -0.15) is 5.10 Å². The molecule has 2 rings (SSSR count). The van der Waals surface area contributed by atoms with Crippen LogP contribution in [0, 0.1) is 6.92 Å². The van der Waals surface area contributed by atoms with Gasteiger partial charge >= 0.3 is 0 Å². The number of aromatic nitrogens is 2. The first-order chi connectivity index (χ1) is 8.50. The number of carbonyl (C=O) groups excluding carboxylic acids is 1. The molecule has 1 amide bonds. The van der Waals surface area contributed by atoms with Crippen LogP contribution < -0.4 is 5.32 Å². The number of nitrogens with one attached hydrogen (secondary N) is 1. The van der Waals surface area contributed by atoms with Gasteiger partial charge in [-0.05, 0) is 26.7 Å². The van der Waals surface area contributed by atoms with Crippen molar-refractivity contribution in [2.24, 2.45) is 7.05 Å². The minimum absolute atomic E-state index is 0.0293. The smallest absolute Gasteiger partial charge is 0.273 e. The maximum Gasteiger partial charge on any atom is 0.273 e. The highest BCUT2D eigenvalue weighted by molar-refractivity contribution is 6.34. The summed E-state index contributed by atoms with van der Waals surface area (Å²) < 4.78 is 7.14. The van der Waals surface area contributed by atoms with Crippen molar-refractivity contribution in [3.63, 3.8) is 0 Å². The van der Waals surface area contributed by atoms with Gasteiger partial charge in [-0.3, -0.25) is 9.48 Å². The van der Waals surface area contributed by atoms with Crippen LogP contribution in [0.15, 0.2) is 0 Å². The molecule has 0 aliphatic carbocycles. The van der Waals surface area contributed by atoms with Gasteiger partial charge < -0.3 is 10.1 Å². The zero-order chi connectivity index (χ0) is 13.3. The Labute approximate surface area is 111 Å². The Morgan fingerprint density at radius 2 is 2.39 bits per heavy atom. The van der Waals surface area contributed by atoms with Gasteiger partial charge in [0.1, 0.15) is 0 Å². The van der Waals surface area contributed by atoms with E-state index < -0.39 is 0 Å². The fourth-order valence-electron chi connectivity index (χ4n) is 2.09. The second kappa shape index (κ2) is 5.28. The first kappa shape index (κ1) is 13.4. The molecule has 100 valence electrons. The molecule has 1 aliphatic rings. The lowest BCUT2D eigenvalue weighted by Gasteiger charge is -2.19. The quantitative estimate of drug-likeness (QED) is 0.910. The molecule has 1 aromatic rings. The van der Waals surface area contributed by atoms with Gasteiger partial charge in [-0.25, -0.2) is 0 Å². The summed E-state index contributed by atoms with van der Waals surface area (Å²) in [5.41, 5.74) is 1.06. The molecule has 0 aromatic carbocycles. The average molecular weight is 272 g/mol. The number of carbonyl (C=O) groups is 1. The first-order valence-corrected chi connectivity index (χ1v) is 6.50. The highest BCUT2D eigenvalue weighted by atomic mass is 35.5. The minimum atomic E-state index is -0.244. The Morgan fingerprint density at radius 1 is 1.67 bits per heavy atom. The number of hydrogen-bond donors (Lipinski definition) is 1. The molecule has 2 atom stereocenters. The molecule has 5 nitrogen and oxygen atoms in total. The van der Waals surface area contributed by atoms with E-state index in [0.717, 1.165) is 25.1 Å². The molecule has 0 unspecified atom stereocenters. The van der Waals surface area contributed by atoms with Crippen molar-refractivity contribution in [1.82, 2.24) is 15.1 Å². The van der Waals surface area contributed by atoms with Crippen LogP contribution in [0.4, 0.5) is 0 Å². The van der Waals surface area contributed by atoms with Crippen LogP contribution in [-0.4, -0.2) is 34.4 Å². The molecular formula is C12H18ClN3O2. The summed E-state index contributed by atoms with van der Waals surface area (Å²) in [7, 11) is 1.77. The van der Waals surface area contributed by atoms with Crippen LogP contribution in [0.25, 0.3) is 0 Å². The van der Waals surface area contributed by atoms with E-state index in [-0.39, 0.29) is 23.7 Å². The third kappa shape index (κ3) is 2.52. The third-order valence-corrected chi connectivity index (χ3v) is 3.81. The van der Waals surface area contributed by atoms with Gasteiger partial charge in [0, 0.05) is 13.7 Å². The average Bonchev–Trinajstić information content (AvgIpc) is 2.94. The number of hydrogen-bond acceptors (Lipinski definition) is 3. The summed E-state index contributed by atoms with van der Waals surface area (Å²) in [6.45, 7) is 4.54. The van der Waals surface area contributed by atoms with Gasteiger partial charge in [0.05, 0.1) is 22.9 Å². The summed E-state index contributed by atoms with van der Waals surface area (Å²) in [5, 5.41) is 7.43. The maximum absolute atomic E-state index is 12.1. The zero-order valence-corrected chi connectivity index (χ0v) is 11.6. The third-order valence-electron chi connectivity index (χ3n) is 3.36. The van der Waals surface area contributed by atoms with Crippen molar-refractivity contribution in [2.45, 2.75) is 38.8 Å². The predicted molar refractivity (Wildman–Crippen MR) is 68.9 cm³/mol. The molecule has 0 radical (unpaired) electrons. The molecule has 1 aromatic heterocycles. The van der Waals surface area contributed by atoms with Gasteiger partial charge in [-0.1, -0.05) is 11.6 Å². The van der Waals surface area contributed by atoms with Crippen LogP contribution in [0.2, 0.25) is 5.02 Å². The molecule has 1 saturated heterocycles. The Balaban J connectivity index is 2.04. The van der Waals surface area contributed by atoms with Gasteiger partial charge in [0.25, 0.3) is 5.91 Å². The van der Waals surface area contributed by atoms with E-state index >= 15 is 0 Å². The number of halogens is 1. The van der Waals surface area contributed by atoms with Gasteiger partial charge in [0.15, 0.2) is 5.69 Å². The van der Waals surface area contributed by atoms with Crippen molar-refractivity contribution in [3.05, 3.63) is 16.4 Å². The fraction of sp³-hybridized carbons (Fsp3) is 0.667. The molecule has 0 spiro atoms. The molecule has 1 aliphatic heterocycles. The Bertz CT molecular complexity index is 452. The summed E-state index contributed by atoms with van der Waals surface area (Å²) in [6.07, 6.45) is 2.13. The number of ether oxygens (including phenoxy) is 1. The zero-order valence-electron chi connectivity index (χ0n) is 10.9. The largest absolute Gasteiger partial charge is 0.376 e. The normalized spacial score (nSPS) is 21.0. The van der Waals surface area contributed by atoms with Gasteiger partial charge in [-0.15, -0.1) is 0 Å². The summed E-state index contributed by atoms with van der Waals surface area (Å²) in [4.78, 5) is 12.1. The monoisotopic (exact) mass is 271 g/mol. The van der Waals surface area contributed by atoms with E-state index in [1.165, 1.54) is 0 Å². The number of rotatable bonds is 3. The van der Waals surface area contributed by atoms with Crippen molar-refractivity contribution >= 4 is 17.5 Å². The maximum atomic E-state index is 12.1. The second-order valence-electron chi connectivity index (χ2n) is 4.69. The number of aryl methyl sites for hydroxylation is 1. The van der Waals surface area contributed by atoms with E-state index in [2.05, 4.69) is 10.4 Å². The van der Waals surface area contributed by atoms with Crippen LogP contribution in [0.1, 0.15) is 35.9 Å². The van der Waals surface area contributed by atoms with E-state index in [0.29, 0.717) is 5.02 Å². The van der Waals surface area contributed by atoms with E-state index in [9.17, 15) is 4.79 Å². The number of nitrogens with zero attached hydrogens (tertiary/aromatic N) is 2. The molecule has 0 saturated carbocycles. The van der Waals surface area contributed by atoms with Crippen LogP contribution in [0.5, 0.6) is 0 Å². The van der Waals surface area contributed by atoms with Crippen LogP contribution in [0.3, 0.4) is 0 Å². The Kier molecular flexibility index (Phi) is 3.92. The molecule has 1 fully saturated rings. The first-order valence-electron chi connectivity index (χ1n) is 6.12. The van der Waals surface area contributed by atoms with Crippen LogP contribution in [-0.2, 0) is 11.8 Å². The Hall–Kier alpha value is -1.07. The highest BCUT2D eigenvalue weighted by Crippen LogP contribution is 2.20. The van der Waals surface area contributed by atoms with Gasteiger partial charge in [0.2, 0.25) is 0 Å². The van der Waals surface area contributed by atoms with Crippen molar-refractivity contribution in [3.8, 4) is 0 Å². The summed E-state index contributed by atoms with van der Waals surface area (Å²) >= 11 is 6.08. The molecular weight excluding hydrogens is 254 g/mol. The van der Waals surface area contributed by atoms with E-state index in [4.69, 9.17) is 16.3 Å². The molecule has 6 heteroatoms. The van der Waals surface area contributed by atoms with Crippen LogP contribution >= 0.6 is 11.6 Å². The van der Waals surface area contributed by atoms with E-state index in [1.807, 2.05) is 13.8 Å². The topological polar surface area (TPSA) is 56.1 Å². The molecule has 1 N–H and O–H groups in total. The minimum Gasteiger partial charge on any atom is -0.376 e. The summed E-state index contributed by atoms with van der Waals surface area (Å²) in [6, 6.07) is -0.0293. The standard InChI is InChI=1S/C12H18ClN3O2/c1-7(9-5-4-6-18-9)14-12(17)11-10(13)8(2)16(3)15-11/h7,9H,4-6H2,1-3H3,(H,14,17)/t7-,9-/m0/s1. The lowest BCUT2D eigenvalue weighted by Crippen LogP contribution is -2.41. The predicted octanol–water partition coefficient (Wildman–Crippen LogP) is 1.68. The van der Waals surface area contributed by atoms with Crippen molar-refractivity contribution in [2.75, 3.05) is 6.61 Å². The van der Waals surface area contributed by atoms with E-state index in [1.54, 1.807) is 11.7 Å². The molecule has 18 heavy (non-hydrogen) atoms. The lowest BCUT2D eigenvalue weighted by molar-refractivity contribution is 0.0709. The lowest BCUT2D eigenvalue weighted by atomic mass is 10.1. The summed E-state index contributed by atoms with van der Waals surface area (Å²) in [5.74, 6) is -0.244.